The predicted molar refractivity (Wildman–Crippen MR) is 61.3 cm³/mol. The Bertz CT molecular complexity index is 376. The Kier molecular flexibility index (Phi) is 3.12. The molecule has 3 heteroatoms. The molecule has 0 amide bonds. The molecule has 1 aliphatic rings. The van der Waals surface area contributed by atoms with E-state index in [1.807, 2.05) is 6.07 Å². The molecular weight excluding hydrogens is 259 g/mol. The average molecular weight is 273 g/mol. The molecule has 1 heterocycles. The second-order valence-corrected chi connectivity index (χ2v) is 5.24. The Balaban J connectivity index is 2.51. The highest BCUT2D eigenvalue weighted by Crippen LogP contribution is 2.35. The summed E-state index contributed by atoms with van der Waals surface area (Å²) in [5, 5.41) is 0. The summed E-state index contributed by atoms with van der Waals surface area (Å²) in [5.41, 5.74) is 1.83. The van der Waals surface area contributed by atoms with Crippen molar-refractivity contribution in [3.8, 4) is 0 Å². The lowest BCUT2D eigenvalue weighted by Crippen LogP contribution is -2.22. The van der Waals surface area contributed by atoms with Gasteiger partial charge in [-0.15, -0.1) is 0 Å². The highest BCUT2D eigenvalue weighted by molar-refractivity contribution is 9.10. The van der Waals surface area contributed by atoms with Gasteiger partial charge in [-0.25, -0.2) is 4.39 Å². The largest absolute Gasteiger partial charge is 0.376 e. The van der Waals surface area contributed by atoms with Crippen molar-refractivity contribution in [2.24, 2.45) is 5.92 Å². The first-order chi connectivity index (χ1) is 7.09. The van der Waals surface area contributed by atoms with Crippen LogP contribution in [-0.4, -0.2) is 6.61 Å². The first kappa shape index (κ1) is 11.1. The third-order valence-corrected chi connectivity index (χ3v) is 3.37. The minimum Gasteiger partial charge on any atom is -0.376 e. The SMILES string of the molecule is CC(C)[C@H]1COCc2cc(Br)cc(F)c21. The van der Waals surface area contributed by atoms with E-state index >= 15 is 0 Å². The molecule has 1 atom stereocenters. The standard InChI is InChI=1S/C12H14BrFO/c1-7(2)10-6-15-5-8-3-9(13)4-11(14)12(8)10/h3-4,7,10H,5-6H2,1-2H3/t10-/m1/s1. The molecule has 0 unspecified atom stereocenters. The normalized spacial score (nSPS) is 20.5. The molecule has 82 valence electrons. The van der Waals surface area contributed by atoms with Crippen molar-refractivity contribution in [3.05, 3.63) is 33.5 Å². The van der Waals surface area contributed by atoms with Crippen molar-refractivity contribution >= 4 is 15.9 Å². The van der Waals surface area contributed by atoms with Crippen molar-refractivity contribution in [1.29, 1.82) is 0 Å². The molecular formula is C12H14BrFO. The quantitative estimate of drug-likeness (QED) is 0.755. The monoisotopic (exact) mass is 272 g/mol. The lowest BCUT2D eigenvalue weighted by atomic mass is 9.84. The smallest absolute Gasteiger partial charge is 0.128 e. The third kappa shape index (κ3) is 2.08. The molecule has 1 aromatic carbocycles. The minimum absolute atomic E-state index is 0.110. The number of fused-ring (bicyclic) bond motifs is 1. The van der Waals surface area contributed by atoms with Gasteiger partial charge in [0.25, 0.3) is 0 Å². The molecule has 0 aromatic heterocycles. The van der Waals surface area contributed by atoms with Gasteiger partial charge in [-0.3, -0.25) is 0 Å². The van der Waals surface area contributed by atoms with Crippen LogP contribution in [0.4, 0.5) is 4.39 Å². The molecule has 15 heavy (non-hydrogen) atoms. The van der Waals surface area contributed by atoms with Crippen molar-refractivity contribution < 1.29 is 9.13 Å². The number of halogens is 2. The van der Waals surface area contributed by atoms with Crippen molar-refractivity contribution in [1.82, 2.24) is 0 Å². The van der Waals surface area contributed by atoms with Gasteiger partial charge in [-0.05, 0) is 29.2 Å². The Labute approximate surface area is 97.8 Å². The Morgan fingerprint density at radius 3 is 2.87 bits per heavy atom. The van der Waals surface area contributed by atoms with E-state index in [1.165, 1.54) is 0 Å². The van der Waals surface area contributed by atoms with Gasteiger partial charge < -0.3 is 4.74 Å². The maximum absolute atomic E-state index is 13.9. The van der Waals surface area contributed by atoms with Crippen LogP contribution >= 0.6 is 15.9 Å². The first-order valence-corrected chi connectivity index (χ1v) is 5.94. The Morgan fingerprint density at radius 2 is 2.20 bits per heavy atom. The van der Waals surface area contributed by atoms with E-state index in [4.69, 9.17) is 4.74 Å². The summed E-state index contributed by atoms with van der Waals surface area (Å²) < 4.78 is 20.1. The molecule has 0 aliphatic carbocycles. The van der Waals surface area contributed by atoms with Gasteiger partial charge in [-0.1, -0.05) is 29.8 Å². The topological polar surface area (TPSA) is 9.23 Å². The minimum atomic E-state index is -0.110. The molecule has 2 rings (SSSR count). The fraction of sp³-hybridized carbons (Fsp3) is 0.500. The van der Waals surface area contributed by atoms with E-state index < -0.39 is 0 Å². The molecule has 0 saturated carbocycles. The van der Waals surface area contributed by atoms with Crippen LogP contribution in [0, 0.1) is 11.7 Å². The van der Waals surface area contributed by atoms with E-state index in [0.717, 1.165) is 15.6 Å². The molecule has 1 nitrogen and oxygen atoms in total. The van der Waals surface area contributed by atoms with Gasteiger partial charge in [0, 0.05) is 10.4 Å². The number of hydrogen-bond donors (Lipinski definition) is 0. The summed E-state index contributed by atoms with van der Waals surface area (Å²) in [6.07, 6.45) is 0. The van der Waals surface area contributed by atoms with E-state index in [1.54, 1.807) is 6.07 Å². The molecule has 0 saturated heterocycles. The lowest BCUT2D eigenvalue weighted by molar-refractivity contribution is 0.0773. The van der Waals surface area contributed by atoms with Gasteiger partial charge in [-0.2, -0.15) is 0 Å². The molecule has 0 radical (unpaired) electrons. The van der Waals surface area contributed by atoms with Crippen molar-refractivity contribution in [2.45, 2.75) is 26.4 Å². The van der Waals surface area contributed by atoms with Gasteiger partial charge in [0.1, 0.15) is 5.82 Å². The van der Waals surface area contributed by atoms with Crippen LogP contribution in [0.2, 0.25) is 0 Å². The van der Waals surface area contributed by atoms with Crippen LogP contribution in [-0.2, 0) is 11.3 Å². The molecule has 0 spiro atoms. The first-order valence-electron chi connectivity index (χ1n) is 5.15. The summed E-state index contributed by atoms with van der Waals surface area (Å²) in [5.74, 6) is 0.475. The maximum Gasteiger partial charge on any atom is 0.128 e. The zero-order chi connectivity index (χ0) is 11.0. The predicted octanol–water partition coefficient (Wildman–Crippen LogP) is 3.86. The second kappa shape index (κ2) is 4.22. The fourth-order valence-corrected chi connectivity index (χ4v) is 2.55. The van der Waals surface area contributed by atoms with Crippen LogP contribution in [0.1, 0.15) is 30.9 Å². The van der Waals surface area contributed by atoms with Crippen molar-refractivity contribution in [3.63, 3.8) is 0 Å². The molecule has 1 aliphatic heterocycles. The van der Waals surface area contributed by atoms with Crippen LogP contribution in [0.5, 0.6) is 0 Å². The van der Waals surface area contributed by atoms with Crippen LogP contribution in [0.25, 0.3) is 0 Å². The van der Waals surface area contributed by atoms with Crippen LogP contribution < -0.4 is 0 Å². The molecule has 0 bridgehead atoms. The third-order valence-electron chi connectivity index (χ3n) is 2.91. The van der Waals surface area contributed by atoms with Crippen LogP contribution in [0.3, 0.4) is 0 Å². The summed E-state index contributed by atoms with van der Waals surface area (Å²) in [4.78, 5) is 0. The van der Waals surface area contributed by atoms with Gasteiger partial charge >= 0.3 is 0 Å². The van der Waals surface area contributed by atoms with Crippen LogP contribution in [0.15, 0.2) is 16.6 Å². The summed E-state index contributed by atoms with van der Waals surface area (Å²) in [7, 11) is 0. The van der Waals surface area contributed by atoms with E-state index in [0.29, 0.717) is 19.1 Å². The van der Waals surface area contributed by atoms with Gasteiger partial charge in [0.2, 0.25) is 0 Å². The number of rotatable bonds is 1. The average Bonchev–Trinajstić information content (AvgIpc) is 2.16. The second-order valence-electron chi connectivity index (χ2n) is 4.33. The lowest BCUT2D eigenvalue weighted by Gasteiger charge is -2.29. The molecule has 0 N–H and O–H groups in total. The summed E-state index contributed by atoms with van der Waals surface area (Å²) >= 11 is 3.30. The number of ether oxygens (including phenoxy) is 1. The highest BCUT2D eigenvalue weighted by Gasteiger charge is 2.26. The fourth-order valence-electron chi connectivity index (χ4n) is 2.08. The van der Waals surface area contributed by atoms with E-state index in [2.05, 4.69) is 29.8 Å². The highest BCUT2D eigenvalue weighted by atomic mass is 79.9. The number of hydrogen-bond acceptors (Lipinski definition) is 1. The molecule has 1 aromatic rings. The van der Waals surface area contributed by atoms with E-state index in [9.17, 15) is 4.39 Å². The zero-order valence-electron chi connectivity index (χ0n) is 8.89. The summed E-state index contributed by atoms with van der Waals surface area (Å²) in [6.45, 7) is 5.35. The van der Waals surface area contributed by atoms with Gasteiger partial charge in [0.15, 0.2) is 0 Å². The van der Waals surface area contributed by atoms with Gasteiger partial charge in [0.05, 0.1) is 13.2 Å². The summed E-state index contributed by atoms with van der Waals surface area (Å²) in [6, 6.07) is 3.49. The Morgan fingerprint density at radius 1 is 1.47 bits per heavy atom. The zero-order valence-corrected chi connectivity index (χ0v) is 10.5. The van der Waals surface area contributed by atoms with Crippen molar-refractivity contribution in [2.75, 3.05) is 6.61 Å². The molecule has 0 fully saturated rings. The van der Waals surface area contributed by atoms with E-state index in [-0.39, 0.29) is 11.7 Å². The Hall–Kier alpha value is -0.410. The maximum atomic E-state index is 13.9. The number of benzene rings is 1.